The van der Waals surface area contributed by atoms with Crippen LogP contribution in [0.1, 0.15) is 12.5 Å². The van der Waals surface area contributed by atoms with Crippen molar-refractivity contribution in [3.05, 3.63) is 31.8 Å². The van der Waals surface area contributed by atoms with Crippen LogP contribution in [0.2, 0.25) is 0 Å². The number of esters is 1. The standard InChI is InChI=1S/C11H12N2O4S/c1-3-17-7(14)4-13-10(15)8-6(2)5-18-9(8)12-11(13)16/h5H,3-4H2,1-2H3,(H,12,16). The molecule has 0 atom stereocenters. The third-order valence-corrected chi connectivity index (χ3v) is 3.51. The molecule has 2 aromatic rings. The first-order valence-corrected chi connectivity index (χ1v) is 6.29. The number of aromatic amines is 1. The van der Waals surface area contributed by atoms with Gasteiger partial charge in [-0.2, -0.15) is 0 Å². The van der Waals surface area contributed by atoms with E-state index in [0.29, 0.717) is 10.2 Å². The second-order valence-electron chi connectivity index (χ2n) is 3.75. The molecule has 96 valence electrons. The number of hydrogen-bond acceptors (Lipinski definition) is 5. The van der Waals surface area contributed by atoms with E-state index in [9.17, 15) is 14.4 Å². The Balaban J connectivity index is 2.57. The summed E-state index contributed by atoms with van der Waals surface area (Å²) in [6.45, 7) is 3.29. The zero-order valence-corrected chi connectivity index (χ0v) is 10.8. The molecule has 0 aromatic carbocycles. The molecule has 0 spiro atoms. The Morgan fingerprint density at radius 1 is 1.50 bits per heavy atom. The third-order valence-electron chi connectivity index (χ3n) is 2.49. The van der Waals surface area contributed by atoms with E-state index in [2.05, 4.69) is 4.98 Å². The van der Waals surface area contributed by atoms with Gasteiger partial charge in [-0.15, -0.1) is 11.3 Å². The van der Waals surface area contributed by atoms with Crippen LogP contribution in [0.15, 0.2) is 15.0 Å². The lowest BCUT2D eigenvalue weighted by Crippen LogP contribution is -2.37. The summed E-state index contributed by atoms with van der Waals surface area (Å²) in [5.74, 6) is -0.600. The summed E-state index contributed by atoms with van der Waals surface area (Å²) < 4.78 is 5.59. The van der Waals surface area contributed by atoms with Crippen molar-refractivity contribution in [3.8, 4) is 0 Å². The molecular formula is C11H12N2O4S. The van der Waals surface area contributed by atoms with Gasteiger partial charge in [0.05, 0.1) is 12.0 Å². The SMILES string of the molecule is CCOC(=O)Cn1c(=O)[nH]c2scc(C)c2c1=O. The van der Waals surface area contributed by atoms with Gasteiger partial charge in [-0.3, -0.25) is 14.6 Å². The summed E-state index contributed by atoms with van der Waals surface area (Å²) >= 11 is 1.30. The highest BCUT2D eigenvalue weighted by Gasteiger charge is 2.14. The quantitative estimate of drug-likeness (QED) is 0.827. The van der Waals surface area contributed by atoms with Crippen LogP contribution in [0.25, 0.3) is 10.2 Å². The van der Waals surface area contributed by atoms with E-state index in [4.69, 9.17) is 4.74 Å². The molecular weight excluding hydrogens is 256 g/mol. The molecule has 2 aromatic heterocycles. The first-order chi connectivity index (χ1) is 8.54. The summed E-state index contributed by atoms with van der Waals surface area (Å²) in [5.41, 5.74) is -0.267. The van der Waals surface area contributed by atoms with E-state index in [1.807, 2.05) is 0 Å². The molecule has 0 aliphatic carbocycles. The predicted molar refractivity (Wildman–Crippen MR) is 68.1 cm³/mol. The first-order valence-electron chi connectivity index (χ1n) is 5.41. The lowest BCUT2D eigenvalue weighted by atomic mass is 10.3. The van der Waals surface area contributed by atoms with Gasteiger partial charge in [-0.05, 0) is 24.8 Å². The molecule has 0 aliphatic heterocycles. The second-order valence-corrected chi connectivity index (χ2v) is 4.63. The minimum absolute atomic E-state index is 0.214. The van der Waals surface area contributed by atoms with Crippen molar-refractivity contribution in [2.45, 2.75) is 20.4 Å². The number of nitrogens with zero attached hydrogens (tertiary/aromatic N) is 1. The Morgan fingerprint density at radius 2 is 2.22 bits per heavy atom. The van der Waals surface area contributed by atoms with Crippen LogP contribution in [0.3, 0.4) is 0 Å². The van der Waals surface area contributed by atoms with Gasteiger partial charge in [0.25, 0.3) is 5.56 Å². The topological polar surface area (TPSA) is 81.2 Å². The Bertz CT molecular complexity index is 710. The van der Waals surface area contributed by atoms with Crippen molar-refractivity contribution in [3.63, 3.8) is 0 Å². The Kier molecular flexibility index (Phi) is 3.33. The number of fused-ring (bicyclic) bond motifs is 1. The number of aromatic nitrogens is 2. The van der Waals surface area contributed by atoms with Crippen LogP contribution in [0, 0.1) is 6.92 Å². The maximum absolute atomic E-state index is 12.1. The average Bonchev–Trinajstić information content (AvgIpc) is 2.66. The van der Waals surface area contributed by atoms with Crippen molar-refractivity contribution in [2.75, 3.05) is 6.61 Å². The molecule has 0 aliphatic rings. The molecule has 1 N–H and O–H groups in total. The van der Waals surface area contributed by atoms with Crippen LogP contribution >= 0.6 is 11.3 Å². The lowest BCUT2D eigenvalue weighted by Gasteiger charge is -2.04. The Labute approximate surface area is 106 Å². The van der Waals surface area contributed by atoms with Gasteiger partial charge in [0.1, 0.15) is 11.4 Å². The van der Waals surface area contributed by atoms with Gasteiger partial charge in [-0.25, -0.2) is 9.36 Å². The number of H-pyrrole nitrogens is 1. The second kappa shape index (κ2) is 4.77. The minimum Gasteiger partial charge on any atom is -0.465 e. The van der Waals surface area contributed by atoms with E-state index in [1.54, 1.807) is 19.2 Å². The molecule has 0 saturated heterocycles. The van der Waals surface area contributed by atoms with Gasteiger partial charge >= 0.3 is 11.7 Å². The summed E-state index contributed by atoms with van der Waals surface area (Å²) in [6, 6.07) is 0. The summed E-state index contributed by atoms with van der Waals surface area (Å²) in [5, 5.41) is 2.24. The van der Waals surface area contributed by atoms with Crippen molar-refractivity contribution in [1.82, 2.24) is 9.55 Å². The van der Waals surface area contributed by atoms with Crippen LogP contribution in [-0.2, 0) is 16.1 Å². The zero-order valence-electron chi connectivity index (χ0n) is 9.98. The number of aryl methyl sites for hydroxylation is 1. The van der Waals surface area contributed by atoms with E-state index < -0.39 is 17.2 Å². The molecule has 0 radical (unpaired) electrons. The smallest absolute Gasteiger partial charge is 0.329 e. The summed E-state index contributed by atoms with van der Waals surface area (Å²) in [6.07, 6.45) is 0. The summed E-state index contributed by atoms with van der Waals surface area (Å²) in [4.78, 5) is 38.3. The Morgan fingerprint density at radius 3 is 2.89 bits per heavy atom. The van der Waals surface area contributed by atoms with Crippen LogP contribution < -0.4 is 11.2 Å². The fourth-order valence-corrected chi connectivity index (χ4v) is 2.60. The lowest BCUT2D eigenvalue weighted by molar-refractivity contribution is -0.143. The number of ether oxygens (including phenoxy) is 1. The van der Waals surface area contributed by atoms with Crippen LogP contribution in [0.5, 0.6) is 0 Å². The predicted octanol–water partition coefficient (Wildman–Crippen LogP) is 0.623. The van der Waals surface area contributed by atoms with Crippen molar-refractivity contribution < 1.29 is 9.53 Å². The maximum atomic E-state index is 12.1. The molecule has 18 heavy (non-hydrogen) atoms. The number of rotatable bonds is 3. The molecule has 0 amide bonds. The van der Waals surface area contributed by atoms with Gasteiger partial charge in [-0.1, -0.05) is 0 Å². The molecule has 2 rings (SSSR count). The monoisotopic (exact) mass is 268 g/mol. The van der Waals surface area contributed by atoms with E-state index >= 15 is 0 Å². The van der Waals surface area contributed by atoms with Crippen molar-refractivity contribution in [2.24, 2.45) is 0 Å². The van der Waals surface area contributed by atoms with E-state index in [0.717, 1.165) is 10.1 Å². The fraction of sp³-hybridized carbons (Fsp3) is 0.364. The van der Waals surface area contributed by atoms with Crippen LogP contribution in [-0.4, -0.2) is 22.1 Å². The normalized spacial score (nSPS) is 10.8. The van der Waals surface area contributed by atoms with Crippen molar-refractivity contribution >= 4 is 27.5 Å². The highest BCUT2D eigenvalue weighted by atomic mass is 32.1. The number of thiophene rings is 1. The number of carbonyl (C=O) groups excluding carboxylic acids is 1. The average molecular weight is 268 g/mol. The van der Waals surface area contributed by atoms with Crippen LogP contribution in [0.4, 0.5) is 0 Å². The molecule has 0 fully saturated rings. The fourth-order valence-electron chi connectivity index (χ4n) is 1.67. The van der Waals surface area contributed by atoms with Gasteiger partial charge in [0, 0.05) is 0 Å². The highest BCUT2D eigenvalue weighted by Crippen LogP contribution is 2.18. The Hall–Kier alpha value is -1.89. The molecule has 0 bridgehead atoms. The number of nitrogens with one attached hydrogen (secondary N) is 1. The minimum atomic E-state index is -0.600. The van der Waals surface area contributed by atoms with Gasteiger partial charge in [0.2, 0.25) is 0 Å². The van der Waals surface area contributed by atoms with Gasteiger partial charge in [0.15, 0.2) is 0 Å². The molecule has 0 unspecified atom stereocenters. The molecule has 0 saturated carbocycles. The van der Waals surface area contributed by atoms with E-state index in [-0.39, 0.29) is 13.2 Å². The summed E-state index contributed by atoms with van der Waals surface area (Å²) in [7, 11) is 0. The maximum Gasteiger partial charge on any atom is 0.329 e. The number of carbonyl (C=O) groups is 1. The van der Waals surface area contributed by atoms with Crippen molar-refractivity contribution in [1.29, 1.82) is 0 Å². The first kappa shape index (κ1) is 12.6. The van der Waals surface area contributed by atoms with Gasteiger partial charge < -0.3 is 4.74 Å². The van der Waals surface area contributed by atoms with E-state index in [1.165, 1.54) is 11.3 Å². The highest BCUT2D eigenvalue weighted by molar-refractivity contribution is 7.16. The zero-order chi connectivity index (χ0) is 13.3. The third kappa shape index (κ3) is 2.08. The largest absolute Gasteiger partial charge is 0.465 e. The molecule has 6 nitrogen and oxygen atoms in total. The molecule has 7 heteroatoms. The number of hydrogen-bond donors (Lipinski definition) is 1. The molecule has 2 heterocycles.